The maximum atomic E-state index is 6.26. The Bertz CT molecular complexity index is 1340. The minimum absolute atomic E-state index is 0.104. The molecule has 1 heterocycles. The van der Waals surface area contributed by atoms with Gasteiger partial charge in [-0.15, -0.1) is 0 Å². The van der Waals surface area contributed by atoms with Crippen LogP contribution in [0.1, 0.15) is 46.6 Å². The molecule has 1 fully saturated rings. The lowest BCUT2D eigenvalue weighted by molar-refractivity contribution is 0.524. The summed E-state index contributed by atoms with van der Waals surface area (Å²) in [7, 11) is 0. The molecule has 1 unspecified atom stereocenters. The Morgan fingerprint density at radius 3 is 1.81 bits per heavy atom. The molecule has 0 radical (unpaired) electrons. The molecular weight excluding hydrogens is 483 g/mol. The summed E-state index contributed by atoms with van der Waals surface area (Å²) in [5.41, 5.74) is 9.35. The largest absolute Gasteiger partial charge is 0.363 e. The van der Waals surface area contributed by atoms with Crippen LogP contribution in [0.3, 0.4) is 0 Å². The van der Waals surface area contributed by atoms with Crippen LogP contribution in [0.15, 0.2) is 91.0 Å². The molecule has 180 valence electrons. The molecule has 4 heteroatoms. The second-order valence-electron chi connectivity index (χ2n) is 10.5. The highest BCUT2D eigenvalue weighted by molar-refractivity contribution is 6.30. The van der Waals surface area contributed by atoms with Gasteiger partial charge in [-0.25, -0.2) is 0 Å². The van der Waals surface area contributed by atoms with Crippen LogP contribution in [0.2, 0.25) is 10.0 Å². The third-order valence-corrected chi connectivity index (χ3v) is 8.64. The van der Waals surface area contributed by atoms with Gasteiger partial charge in [-0.3, -0.25) is 0 Å². The summed E-state index contributed by atoms with van der Waals surface area (Å²) in [6.07, 6.45) is 5.24. The number of nitrogens with one attached hydrogen (secondary N) is 1. The first kappa shape index (κ1) is 22.3. The van der Waals surface area contributed by atoms with Crippen LogP contribution in [0, 0.1) is 5.92 Å². The van der Waals surface area contributed by atoms with Crippen molar-refractivity contribution in [2.75, 3.05) is 10.2 Å². The topological polar surface area (TPSA) is 15.3 Å². The number of anilines is 2. The van der Waals surface area contributed by atoms with Gasteiger partial charge in [0, 0.05) is 22.0 Å². The van der Waals surface area contributed by atoms with Crippen LogP contribution in [0.25, 0.3) is 0 Å². The molecule has 1 atom stereocenters. The molecule has 3 aliphatic rings. The number of benzene rings is 4. The number of halogens is 2. The lowest BCUT2D eigenvalue weighted by atomic mass is 9.85. The Morgan fingerprint density at radius 1 is 0.694 bits per heavy atom. The molecule has 0 amide bonds. The number of nitrogens with zero attached hydrogens (tertiary/aromatic N) is 1. The number of fused-ring (bicyclic) bond motifs is 2. The second kappa shape index (κ2) is 8.87. The fourth-order valence-electron chi connectivity index (χ4n) is 6.24. The highest BCUT2D eigenvalue weighted by Crippen LogP contribution is 2.48. The standard InChI is InChI=1S/C32H28Cl2N2/c33-26-12-7-20(8-13-26)31(21-9-14-27(34)15-10-21)25-11-16-29-30(19-25)36(32(35-29)22-5-6-22)28-17-23-3-1-2-4-24(23)18-28/h1-4,7-16,19,22,28,31-32,35H,5-6,17-18H2. The second-order valence-corrected chi connectivity index (χ2v) is 11.4. The average Bonchev–Trinajstić information content (AvgIpc) is 3.54. The van der Waals surface area contributed by atoms with Gasteiger partial charge in [0.25, 0.3) is 0 Å². The molecule has 2 aliphatic carbocycles. The fourth-order valence-corrected chi connectivity index (χ4v) is 6.50. The van der Waals surface area contributed by atoms with Crippen molar-refractivity contribution in [1.82, 2.24) is 0 Å². The number of rotatable bonds is 5. The monoisotopic (exact) mass is 510 g/mol. The Kier molecular flexibility index (Phi) is 5.49. The van der Waals surface area contributed by atoms with E-state index < -0.39 is 0 Å². The van der Waals surface area contributed by atoms with Crippen molar-refractivity contribution in [2.45, 2.75) is 43.8 Å². The van der Waals surface area contributed by atoms with Crippen molar-refractivity contribution in [1.29, 1.82) is 0 Å². The van der Waals surface area contributed by atoms with E-state index in [2.05, 4.69) is 76.9 Å². The van der Waals surface area contributed by atoms with Crippen molar-refractivity contribution < 1.29 is 0 Å². The lowest BCUT2D eigenvalue weighted by Gasteiger charge is -2.33. The Hall–Kier alpha value is -2.94. The van der Waals surface area contributed by atoms with E-state index in [9.17, 15) is 0 Å². The lowest BCUT2D eigenvalue weighted by Crippen LogP contribution is -2.45. The Labute approximate surface area is 222 Å². The summed E-state index contributed by atoms with van der Waals surface area (Å²) in [5, 5.41) is 5.41. The van der Waals surface area contributed by atoms with Gasteiger partial charge in [0.15, 0.2) is 0 Å². The minimum atomic E-state index is 0.104. The van der Waals surface area contributed by atoms with Crippen molar-refractivity contribution in [2.24, 2.45) is 5.92 Å². The molecule has 1 aliphatic heterocycles. The number of hydrogen-bond donors (Lipinski definition) is 1. The van der Waals surface area contributed by atoms with Gasteiger partial charge in [0.2, 0.25) is 0 Å². The van der Waals surface area contributed by atoms with E-state index in [1.807, 2.05) is 24.3 Å². The zero-order valence-electron chi connectivity index (χ0n) is 20.0. The molecule has 36 heavy (non-hydrogen) atoms. The van der Waals surface area contributed by atoms with Crippen molar-refractivity contribution >= 4 is 34.6 Å². The molecule has 2 nitrogen and oxygen atoms in total. The Balaban J connectivity index is 1.31. The van der Waals surface area contributed by atoms with E-state index in [1.54, 1.807) is 0 Å². The zero-order valence-corrected chi connectivity index (χ0v) is 21.5. The molecule has 4 aromatic rings. The van der Waals surface area contributed by atoms with Gasteiger partial charge in [-0.05, 0) is 95.8 Å². The van der Waals surface area contributed by atoms with Crippen molar-refractivity contribution in [3.05, 3.63) is 129 Å². The summed E-state index contributed by atoms with van der Waals surface area (Å²) in [5.74, 6) is 0.834. The molecule has 4 aromatic carbocycles. The SMILES string of the molecule is Clc1ccc(C(c2ccc(Cl)cc2)c2ccc3c(c2)N(C2Cc4ccccc4C2)C(C2CC2)N3)cc1. The molecule has 1 N–H and O–H groups in total. The summed E-state index contributed by atoms with van der Waals surface area (Å²) in [6, 6.07) is 33.0. The van der Waals surface area contributed by atoms with Crippen LogP contribution in [0.5, 0.6) is 0 Å². The van der Waals surface area contributed by atoms with Gasteiger partial charge in [-0.1, -0.05) is 77.8 Å². The quantitative estimate of drug-likeness (QED) is 0.271. The maximum absolute atomic E-state index is 6.26. The normalized spacial score (nSPS) is 18.9. The maximum Gasteiger partial charge on any atom is 0.102 e. The van der Waals surface area contributed by atoms with Crippen molar-refractivity contribution in [3.8, 4) is 0 Å². The summed E-state index contributed by atoms with van der Waals surface area (Å²) in [4.78, 5) is 2.72. The van der Waals surface area contributed by atoms with E-state index in [0.29, 0.717) is 12.2 Å². The van der Waals surface area contributed by atoms with Crippen molar-refractivity contribution in [3.63, 3.8) is 0 Å². The first-order valence-corrected chi connectivity index (χ1v) is 13.7. The van der Waals surface area contributed by atoms with Gasteiger partial charge in [0.05, 0.1) is 11.4 Å². The van der Waals surface area contributed by atoms with E-state index in [-0.39, 0.29) is 5.92 Å². The summed E-state index contributed by atoms with van der Waals surface area (Å²) in [6.45, 7) is 0. The van der Waals surface area contributed by atoms with E-state index in [4.69, 9.17) is 23.2 Å². The minimum Gasteiger partial charge on any atom is -0.363 e. The van der Waals surface area contributed by atoms with Gasteiger partial charge in [0.1, 0.15) is 6.17 Å². The Morgan fingerprint density at radius 2 is 1.25 bits per heavy atom. The summed E-state index contributed by atoms with van der Waals surface area (Å²) >= 11 is 12.5. The van der Waals surface area contributed by atoms with Gasteiger partial charge >= 0.3 is 0 Å². The molecular formula is C32H28Cl2N2. The molecule has 1 saturated carbocycles. The van der Waals surface area contributed by atoms with E-state index in [0.717, 1.165) is 28.8 Å². The average molecular weight is 511 g/mol. The van der Waals surface area contributed by atoms with Crippen LogP contribution in [0.4, 0.5) is 11.4 Å². The first-order chi connectivity index (χ1) is 17.6. The molecule has 0 aromatic heterocycles. The smallest absolute Gasteiger partial charge is 0.102 e. The van der Waals surface area contributed by atoms with Gasteiger partial charge in [-0.2, -0.15) is 0 Å². The van der Waals surface area contributed by atoms with Crippen LogP contribution >= 0.6 is 23.2 Å². The highest BCUT2D eigenvalue weighted by Gasteiger charge is 2.44. The van der Waals surface area contributed by atoms with Crippen LogP contribution in [-0.4, -0.2) is 12.2 Å². The van der Waals surface area contributed by atoms with E-state index >= 15 is 0 Å². The third-order valence-electron chi connectivity index (χ3n) is 8.13. The predicted molar refractivity (Wildman–Crippen MR) is 151 cm³/mol. The molecule has 0 spiro atoms. The van der Waals surface area contributed by atoms with E-state index in [1.165, 1.54) is 52.0 Å². The highest BCUT2D eigenvalue weighted by atomic mass is 35.5. The number of hydrogen-bond acceptors (Lipinski definition) is 2. The third kappa shape index (κ3) is 3.97. The molecule has 0 bridgehead atoms. The zero-order chi connectivity index (χ0) is 24.2. The fraction of sp³-hybridized carbons (Fsp3) is 0.250. The molecule has 0 saturated heterocycles. The molecule has 7 rings (SSSR count). The first-order valence-electron chi connectivity index (χ1n) is 12.9. The van der Waals surface area contributed by atoms with Crippen LogP contribution in [-0.2, 0) is 12.8 Å². The van der Waals surface area contributed by atoms with Crippen LogP contribution < -0.4 is 10.2 Å². The summed E-state index contributed by atoms with van der Waals surface area (Å²) < 4.78 is 0. The predicted octanol–water partition coefficient (Wildman–Crippen LogP) is 8.31. The van der Waals surface area contributed by atoms with Gasteiger partial charge < -0.3 is 10.2 Å².